The zero-order valence-electron chi connectivity index (χ0n) is 14.7. The van der Waals surface area contributed by atoms with E-state index in [2.05, 4.69) is 30.5 Å². The molecule has 2 aliphatic rings. The van der Waals surface area contributed by atoms with Gasteiger partial charge in [-0.05, 0) is 25.7 Å². The lowest BCUT2D eigenvalue weighted by atomic mass is 10.4. The van der Waals surface area contributed by atoms with Gasteiger partial charge in [-0.15, -0.1) is 0 Å². The first-order valence-electron chi connectivity index (χ1n) is 9.22. The van der Waals surface area contributed by atoms with Crippen molar-refractivity contribution >= 4 is 17.8 Å². The topological polar surface area (TPSA) is 110 Å². The van der Waals surface area contributed by atoms with Crippen molar-refractivity contribution in [3.05, 3.63) is 0 Å². The molecule has 0 atom stereocenters. The Morgan fingerprint density at radius 1 is 0.960 bits per heavy atom. The molecule has 0 amide bonds. The molecule has 1 saturated heterocycles. The highest BCUT2D eigenvalue weighted by molar-refractivity contribution is 5.45. The molecule has 3 rings (SSSR count). The zero-order valence-corrected chi connectivity index (χ0v) is 14.7. The van der Waals surface area contributed by atoms with Crippen LogP contribution in [0.4, 0.5) is 17.8 Å². The van der Waals surface area contributed by atoms with Gasteiger partial charge < -0.3 is 30.7 Å². The lowest BCUT2D eigenvalue weighted by molar-refractivity contribution is 0.0547. The molecule has 9 heteroatoms. The number of hydrogen-bond acceptors (Lipinski definition) is 9. The normalized spacial score (nSPS) is 17.1. The van der Waals surface area contributed by atoms with Gasteiger partial charge in [-0.3, -0.25) is 0 Å². The van der Waals surface area contributed by atoms with Crippen LogP contribution in [0, 0.1) is 0 Å². The van der Waals surface area contributed by atoms with Gasteiger partial charge in [0.25, 0.3) is 0 Å². The van der Waals surface area contributed by atoms with Crippen LogP contribution >= 0.6 is 0 Å². The number of nitrogens with one attached hydrogen (secondary N) is 2. The molecule has 1 aliphatic carbocycles. The molecule has 25 heavy (non-hydrogen) atoms. The fourth-order valence-corrected chi connectivity index (χ4v) is 2.62. The van der Waals surface area contributed by atoms with Gasteiger partial charge in [-0.25, -0.2) is 0 Å². The van der Waals surface area contributed by atoms with Gasteiger partial charge in [0.2, 0.25) is 17.8 Å². The first-order chi connectivity index (χ1) is 12.3. The molecule has 1 aromatic heterocycles. The first-order valence-corrected chi connectivity index (χ1v) is 9.22. The summed E-state index contributed by atoms with van der Waals surface area (Å²) >= 11 is 0. The molecule has 4 N–H and O–H groups in total. The van der Waals surface area contributed by atoms with Crippen molar-refractivity contribution in [1.82, 2.24) is 15.0 Å². The third-order valence-electron chi connectivity index (χ3n) is 4.09. The minimum absolute atomic E-state index is 0.513. The van der Waals surface area contributed by atoms with Gasteiger partial charge in [-0.1, -0.05) is 0 Å². The quantitative estimate of drug-likeness (QED) is 0.462. The molecule has 140 valence electrons. The molecule has 0 unspecified atom stereocenters. The second-order valence-electron chi connectivity index (χ2n) is 6.34. The van der Waals surface area contributed by atoms with Crippen LogP contribution in [0.5, 0.6) is 0 Å². The lowest BCUT2D eigenvalue weighted by Crippen LogP contribution is -2.23. The molecule has 1 saturated carbocycles. The van der Waals surface area contributed by atoms with Crippen LogP contribution in [0.25, 0.3) is 0 Å². The van der Waals surface area contributed by atoms with Crippen molar-refractivity contribution in [3.8, 4) is 0 Å². The van der Waals surface area contributed by atoms with Gasteiger partial charge >= 0.3 is 0 Å². The standard InChI is InChI=1S/C16H29N7O2/c17-5-9-24-11-12-25-10-6-18-14-20-15(19-13-3-4-13)22-16(21-14)23-7-1-2-8-23/h13H,1-12,17H2,(H2,18,19,20,21,22). The minimum atomic E-state index is 0.513. The summed E-state index contributed by atoms with van der Waals surface area (Å²) in [4.78, 5) is 15.8. The van der Waals surface area contributed by atoms with Gasteiger partial charge in [-0.2, -0.15) is 15.0 Å². The Hall–Kier alpha value is -1.71. The van der Waals surface area contributed by atoms with Crippen LogP contribution in [0.15, 0.2) is 0 Å². The van der Waals surface area contributed by atoms with Crippen molar-refractivity contribution in [3.63, 3.8) is 0 Å². The zero-order chi connectivity index (χ0) is 17.3. The van der Waals surface area contributed by atoms with Crippen LogP contribution in [0.3, 0.4) is 0 Å². The van der Waals surface area contributed by atoms with E-state index < -0.39 is 0 Å². The van der Waals surface area contributed by atoms with Gasteiger partial charge in [0.15, 0.2) is 0 Å². The number of anilines is 3. The molecule has 2 fully saturated rings. The van der Waals surface area contributed by atoms with Gasteiger partial charge in [0.05, 0.1) is 26.4 Å². The third-order valence-corrected chi connectivity index (χ3v) is 4.09. The molecule has 1 aromatic rings. The highest BCUT2D eigenvalue weighted by atomic mass is 16.5. The summed E-state index contributed by atoms with van der Waals surface area (Å²) in [5.74, 6) is 2.02. The fraction of sp³-hybridized carbons (Fsp3) is 0.812. The molecule has 0 radical (unpaired) electrons. The largest absolute Gasteiger partial charge is 0.378 e. The predicted octanol–water partition coefficient (Wildman–Crippen LogP) is 0.450. The summed E-state index contributed by atoms with van der Waals surface area (Å²) in [6.45, 7) is 5.48. The second-order valence-corrected chi connectivity index (χ2v) is 6.34. The van der Waals surface area contributed by atoms with Crippen molar-refractivity contribution in [2.24, 2.45) is 5.73 Å². The average molecular weight is 351 g/mol. The average Bonchev–Trinajstić information content (AvgIpc) is 3.25. The number of hydrogen-bond donors (Lipinski definition) is 3. The Labute approximate surface area is 148 Å². The Morgan fingerprint density at radius 2 is 1.68 bits per heavy atom. The van der Waals surface area contributed by atoms with E-state index in [1.54, 1.807) is 0 Å². The van der Waals surface area contributed by atoms with E-state index in [1.807, 2.05) is 0 Å². The second kappa shape index (κ2) is 9.69. The van der Waals surface area contributed by atoms with Crippen molar-refractivity contribution < 1.29 is 9.47 Å². The van der Waals surface area contributed by atoms with E-state index in [4.69, 9.17) is 15.2 Å². The molecule has 9 nitrogen and oxygen atoms in total. The molecule has 2 heterocycles. The maximum Gasteiger partial charge on any atom is 0.231 e. The first kappa shape index (κ1) is 18.1. The third kappa shape index (κ3) is 6.26. The highest BCUT2D eigenvalue weighted by Crippen LogP contribution is 2.25. The fourth-order valence-electron chi connectivity index (χ4n) is 2.62. The number of rotatable bonds is 12. The van der Waals surface area contributed by atoms with Crippen LogP contribution in [0.2, 0.25) is 0 Å². The minimum Gasteiger partial charge on any atom is -0.378 e. The number of aromatic nitrogens is 3. The lowest BCUT2D eigenvalue weighted by Gasteiger charge is -2.17. The molecular weight excluding hydrogens is 322 g/mol. The molecular formula is C16H29N7O2. The summed E-state index contributed by atoms with van der Waals surface area (Å²) < 4.78 is 10.8. The number of nitrogens with zero attached hydrogens (tertiary/aromatic N) is 4. The van der Waals surface area contributed by atoms with Crippen LogP contribution < -0.4 is 21.3 Å². The molecule has 0 aromatic carbocycles. The van der Waals surface area contributed by atoms with Crippen LogP contribution in [-0.4, -0.2) is 73.6 Å². The van der Waals surface area contributed by atoms with Gasteiger partial charge in [0.1, 0.15) is 0 Å². The monoisotopic (exact) mass is 351 g/mol. The van der Waals surface area contributed by atoms with E-state index >= 15 is 0 Å². The van der Waals surface area contributed by atoms with Crippen LogP contribution in [0.1, 0.15) is 25.7 Å². The maximum absolute atomic E-state index is 5.51. The van der Waals surface area contributed by atoms with E-state index in [9.17, 15) is 0 Å². The molecule has 1 aliphatic heterocycles. The highest BCUT2D eigenvalue weighted by Gasteiger charge is 2.24. The summed E-state index contributed by atoms with van der Waals surface area (Å²) in [7, 11) is 0. The Balaban J connectivity index is 1.46. The summed E-state index contributed by atoms with van der Waals surface area (Å²) in [5.41, 5.74) is 5.36. The SMILES string of the molecule is NCCOCCOCCNc1nc(NC2CC2)nc(N2CCCC2)n1. The summed E-state index contributed by atoms with van der Waals surface area (Å²) in [6, 6.07) is 0.513. The Bertz CT molecular complexity index is 521. The van der Waals surface area contributed by atoms with E-state index in [0.717, 1.165) is 19.0 Å². The Kier molecular flexibility index (Phi) is 7.01. The van der Waals surface area contributed by atoms with E-state index in [-0.39, 0.29) is 0 Å². The van der Waals surface area contributed by atoms with Crippen molar-refractivity contribution in [1.29, 1.82) is 0 Å². The van der Waals surface area contributed by atoms with Crippen molar-refractivity contribution in [2.45, 2.75) is 31.7 Å². The molecule has 0 spiro atoms. The summed E-state index contributed by atoms with van der Waals surface area (Å²) in [5, 5.41) is 6.59. The number of nitrogens with two attached hydrogens (primary N) is 1. The van der Waals surface area contributed by atoms with Gasteiger partial charge in [0, 0.05) is 32.2 Å². The van der Waals surface area contributed by atoms with E-state index in [1.165, 1.54) is 25.7 Å². The number of ether oxygens (including phenoxy) is 2. The Morgan fingerprint density at radius 3 is 2.40 bits per heavy atom. The molecule has 0 bridgehead atoms. The van der Waals surface area contributed by atoms with Crippen molar-refractivity contribution in [2.75, 3.05) is 68.1 Å². The van der Waals surface area contributed by atoms with Crippen LogP contribution in [-0.2, 0) is 9.47 Å². The smallest absolute Gasteiger partial charge is 0.231 e. The van der Waals surface area contributed by atoms with E-state index in [0.29, 0.717) is 57.5 Å². The maximum atomic E-state index is 5.51. The predicted molar refractivity (Wildman–Crippen MR) is 97.1 cm³/mol. The summed E-state index contributed by atoms with van der Waals surface area (Å²) in [6.07, 6.45) is 4.76.